The molecular weight excluding hydrogens is 280 g/mol. The van der Waals surface area contributed by atoms with Crippen LogP contribution in [-0.4, -0.2) is 4.92 Å². The molecule has 2 rings (SSSR count). The molecule has 2 aromatic rings. The van der Waals surface area contributed by atoms with E-state index in [2.05, 4.69) is 0 Å². The summed E-state index contributed by atoms with van der Waals surface area (Å²) in [6, 6.07) is 11.3. The van der Waals surface area contributed by atoms with Crippen molar-refractivity contribution in [3.63, 3.8) is 0 Å². The van der Waals surface area contributed by atoms with Crippen molar-refractivity contribution in [2.45, 2.75) is 13.0 Å². The van der Waals surface area contributed by atoms with Crippen molar-refractivity contribution < 1.29 is 9.66 Å². The lowest BCUT2D eigenvalue weighted by Crippen LogP contribution is -2.04. The molecule has 2 N–H and O–H groups in total. The fourth-order valence-corrected chi connectivity index (χ4v) is 1.85. The lowest BCUT2D eigenvalue weighted by atomic mass is 10.1. The minimum atomic E-state index is -0.530. The van der Waals surface area contributed by atoms with Gasteiger partial charge in [-0.2, -0.15) is 0 Å². The second-order valence-electron chi connectivity index (χ2n) is 4.33. The van der Waals surface area contributed by atoms with Crippen molar-refractivity contribution in [1.29, 1.82) is 0 Å². The first-order valence-electron chi connectivity index (χ1n) is 5.94. The van der Waals surface area contributed by atoms with Gasteiger partial charge in [0.2, 0.25) is 5.75 Å². The van der Waals surface area contributed by atoms with Gasteiger partial charge in [-0.3, -0.25) is 10.1 Å². The predicted octanol–water partition coefficient (Wildman–Crippen LogP) is 4.06. The number of nitro groups is 1. The molecule has 0 aliphatic heterocycles. The molecule has 0 heterocycles. The molecule has 0 aliphatic carbocycles. The fraction of sp³-hybridized carbons (Fsp3) is 0.143. The molecule has 6 heteroatoms. The minimum absolute atomic E-state index is 0.0751. The number of ether oxygens (including phenoxy) is 1. The van der Waals surface area contributed by atoms with Gasteiger partial charge in [-0.15, -0.1) is 0 Å². The van der Waals surface area contributed by atoms with E-state index in [4.69, 9.17) is 22.1 Å². The topological polar surface area (TPSA) is 78.4 Å². The molecule has 20 heavy (non-hydrogen) atoms. The summed E-state index contributed by atoms with van der Waals surface area (Å²) in [4.78, 5) is 10.4. The van der Waals surface area contributed by atoms with Crippen molar-refractivity contribution in [3.05, 3.63) is 63.2 Å². The highest BCUT2D eigenvalue weighted by atomic mass is 35.5. The molecule has 0 unspecified atom stereocenters. The van der Waals surface area contributed by atoms with E-state index >= 15 is 0 Å². The van der Waals surface area contributed by atoms with Crippen LogP contribution in [0.4, 0.5) is 5.69 Å². The molecule has 2 aromatic carbocycles. The highest BCUT2D eigenvalue weighted by Crippen LogP contribution is 2.33. The standard InChI is InChI=1S/C14H13ClN2O3/c1-9(16)10-2-5-12(6-3-10)20-14-7-4-11(15)8-13(14)17(18)19/h2-9H,16H2,1H3/t9-/m1/s1. The van der Waals surface area contributed by atoms with Gasteiger partial charge in [0, 0.05) is 17.1 Å². The van der Waals surface area contributed by atoms with Crippen LogP contribution in [0.2, 0.25) is 5.02 Å². The second-order valence-corrected chi connectivity index (χ2v) is 4.77. The summed E-state index contributed by atoms with van der Waals surface area (Å²) in [5.41, 5.74) is 6.54. The summed E-state index contributed by atoms with van der Waals surface area (Å²) < 4.78 is 5.52. The zero-order valence-electron chi connectivity index (χ0n) is 10.7. The van der Waals surface area contributed by atoms with Crippen molar-refractivity contribution in [1.82, 2.24) is 0 Å². The van der Waals surface area contributed by atoms with E-state index in [1.807, 2.05) is 19.1 Å². The first-order valence-corrected chi connectivity index (χ1v) is 6.32. The molecule has 0 amide bonds. The Balaban J connectivity index is 2.28. The molecule has 0 aliphatic rings. The Hall–Kier alpha value is -2.11. The van der Waals surface area contributed by atoms with Crippen LogP contribution in [-0.2, 0) is 0 Å². The van der Waals surface area contributed by atoms with Gasteiger partial charge < -0.3 is 10.5 Å². The smallest absolute Gasteiger partial charge is 0.313 e. The van der Waals surface area contributed by atoms with Gasteiger partial charge in [-0.05, 0) is 36.8 Å². The van der Waals surface area contributed by atoms with E-state index in [1.165, 1.54) is 12.1 Å². The lowest BCUT2D eigenvalue weighted by Gasteiger charge is -2.09. The summed E-state index contributed by atoms with van der Waals surface area (Å²) in [5.74, 6) is 0.646. The Morgan fingerprint density at radius 3 is 2.45 bits per heavy atom. The van der Waals surface area contributed by atoms with E-state index in [1.54, 1.807) is 18.2 Å². The van der Waals surface area contributed by atoms with Crippen LogP contribution >= 0.6 is 11.6 Å². The number of hydrogen-bond donors (Lipinski definition) is 1. The predicted molar refractivity (Wildman–Crippen MR) is 77.2 cm³/mol. The Morgan fingerprint density at radius 1 is 1.25 bits per heavy atom. The van der Waals surface area contributed by atoms with Crippen LogP contribution in [0.15, 0.2) is 42.5 Å². The molecular formula is C14H13ClN2O3. The Labute approximate surface area is 121 Å². The van der Waals surface area contributed by atoms with E-state index in [0.29, 0.717) is 5.75 Å². The molecule has 0 fully saturated rings. The maximum Gasteiger partial charge on any atom is 0.313 e. The Bertz CT molecular complexity index is 627. The second kappa shape index (κ2) is 5.90. The summed E-state index contributed by atoms with van der Waals surface area (Å²) >= 11 is 5.75. The third-order valence-electron chi connectivity index (χ3n) is 2.75. The normalized spacial score (nSPS) is 11.9. The largest absolute Gasteiger partial charge is 0.450 e. The molecule has 0 aromatic heterocycles. The number of hydrogen-bond acceptors (Lipinski definition) is 4. The number of nitrogens with zero attached hydrogens (tertiary/aromatic N) is 1. The molecule has 0 saturated carbocycles. The highest BCUT2D eigenvalue weighted by molar-refractivity contribution is 6.30. The maximum absolute atomic E-state index is 11.0. The number of nitrogens with two attached hydrogens (primary N) is 1. The molecule has 0 radical (unpaired) electrons. The summed E-state index contributed by atoms with van der Waals surface area (Å²) in [6.07, 6.45) is 0. The van der Waals surface area contributed by atoms with Gasteiger partial charge in [0.25, 0.3) is 0 Å². The quantitative estimate of drug-likeness (QED) is 0.681. The van der Waals surface area contributed by atoms with E-state index in [9.17, 15) is 10.1 Å². The summed E-state index contributed by atoms with van der Waals surface area (Å²) in [5, 5.41) is 11.2. The van der Waals surface area contributed by atoms with Gasteiger partial charge in [0.05, 0.1) is 4.92 Å². The summed E-state index contributed by atoms with van der Waals surface area (Å²) in [7, 11) is 0. The van der Waals surface area contributed by atoms with Crippen LogP contribution in [0.5, 0.6) is 11.5 Å². The number of nitro benzene ring substituents is 1. The molecule has 0 bridgehead atoms. The number of benzene rings is 2. The van der Waals surface area contributed by atoms with Crippen molar-refractivity contribution in [2.75, 3.05) is 0 Å². The summed E-state index contributed by atoms with van der Waals surface area (Å²) in [6.45, 7) is 1.87. The minimum Gasteiger partial charge on any atom is -0.450 e. The van der Waals surface area contributed by atoms with Gasteiger partial charge in [-0.25, -0.2) is 0 Å². The third-order valence-corrected chi connectivity index (χ3v) is 2.99. The Kier molecular flexibility index (Phi) is 4.22. The van der Waals surface area contributed by atoms with Crippen LogP contribution in [0.3, 0.4) is 0 Å². The third kappa shape index (κ3) is 3.26. The van der Waals surface area contributed by atoms with Gasteiger partial charge in [0.1, 0.15) is 5.75 Å². The van der Waals surface area contributed by atoms with E-state index in [0.717, 1.165) is 5.56 Å². The van der Waals surface area contributed by atoms with Crippen LogP contribution in [0.25, 0.3) is 0 Å². The van der Waals surface area contributed by atoms with Gasteiger partial charge in [-0.1, -0.05) is 23.7 Å². The molecule has 0 spiro atoms. The first kappa shape index (κ1) is 14.3. The van der Waals surface area contributed by atoms with Crippen molar-refractivity contribution in [2.24, 2.45) is 5.73 Å². The molecule has 5 nitrogen and oxygen atoms in total. The maximum atomic E-state index is 11.0. The Morgan fingerprint density at radius 2 is 1.90 bits per heavy atom. The molecule has 104 valence electrons. The number of rotatable bonds is 4. The van der Waals surface area contributed by atoms with Crippen LogP contribution < -0.4 is 10.5 Å². The first-order chi connectivity index (χ1) is 9.47. The SMILES string of the molecule is C[C@@H](N)c1ccc(Oc2ccc(Cl)cc2[N+](=O)[O-])cc1. The average Bonchev–Trinajstić information content (AvgIpc) is 2.41. The fourth-order valence-electron chi connectivity index (χ4n) is 1.69. The van der Waals surface area contributed by atoms with Crippen molar-refractivity contribution in [3.8, 4) is 11.5 Å². The monoisotopic (exact) mass is 292 g/mol. The van der Waals surface area contributed by atoms with Crippen molar-refractivity contribution >= 4 is 17.3 Å². The van der Waals surface area contributed by atoms with Crippen LogP contribution in [0, 0.1) is 10.1 Å². The van der Waals surface area contributed by atoms with E-state index < -0.39 is 4.92 Å². The zero-order valence-corrected chi connectivity index (χ0v) is 11.5. The zero-order chi connectivity index (χ0) is 14.7. The highest BCUT2D eigenvalue weighted by Gasteiger charge is 2.16. The van der Waals surface area contributed by atoms with E-state index in [-0.39, 0.29) is 22.5 Å². The van der Waals surface area contributed by atoms with Gasteiger partial charge in [0.15, 0.2) is 0 Å². The number of halogens is 1. The lowest BCUT2D eigenvalue weighted by molar-refractivity contribution is -0.385. The van der Waals surface area contributed by atoms with Gasteiger partial charge >= 0.3 is 5.69 Å². The molecule has 0 saturated heterocycles. The van der Waals surface area contributed by atoms with Crippen LogP contribution in [0.1, 0.15) is 18.5 Å². The average molecular weight is 293 g/mol. The molecule has 1 atom stereocenters.